The molecule has 3 N–H and O–H groups in total. The Morgan fingerprint density at radius 1 is 1.00 bits per heavy atom. The minimum Gasteiger partial charge on any atom is -0.378 e. The number of anilines is 4. The molecule has 3 aromatic heterocycles. The fourth-order valence-corrected chi connectivity index (χ4v) is 4.77. The molecule has 192 valence electrons. The lowest BCUT2D eigenvalue weighted by molar-refractivity contribution is 0.0951. The molecule has 11 nitrogen and oxygen atoms in total. The van der Waals surface area contributed by atoms with E-state index in [1.807, 2.05) is 24.3 Å². The SMILES string of the molecule is Nc1ncc(-c2nc(N3CCOCC3)nc3c2CCN3c2ccncc2CNC(=O)c2ccccc2)cn1. The van der Waals surface area contributed by atoms with Gasteiger partial charge >= 0.3 is 0 Å². The fourth-order valence-electron chi connectivity index (χ4n) is 4.77. The van der Waals surface area contributed by atoms with Crippen LogP contribution in [0.2, 0.25) is 0 Å². The second kappa shape index (κ2) is 10.4. The van der Waals surface area contributed by atoms with Crippen LogP contribution in [0.5, 0.6) is 0 Å². The molecule has 1 saturated heterocycles. The third-order valence-corrected chi connectivity index (χ3v) is 6.70. The predicted molar refractivity (Wildman–Crippen MR) is 143 cm³/mol. The van der Waals surface area contributed by atoms with Gasteiger partial charge in [0.15, 0.2) is 0 Å². The highest BCUT2D eigenvalue weighted by Crippen LogP contribution is 2.40. The Kier molecular flexibility index (Phi) is 6.49. The summed E-state index contributed by atoms with van der Waals surface area (Å²) in [4.78, 5) is 39.7. The number of amides is 1. The van der Waals surface area contributed by atoms with Crippen molar-refractivity contribution in [3.63, 3.8) is 0 Å². The number of aromatic nitrogens is 5. The van der Waals surface area contributed by atoms with Gasteiger partial charge in [-0.15, -0.1) is 0 Å². The van der Waals surface area contributed by atoms with Gasteiger partial charge in [-0.2, -0.15) is 4.98 Å². The van der Waals surface area contributed by atoms with Crippen LogP contribution < -0.4 is 20.9 Å². The molecule has 0 atom stereocenters. The molecular weight excluding hydrogens is 482 g/mol. The van der Waals surface area contributed by atoms with Crippen LogP contribution in [0.4, 0.5) is 23.4 Å². The van der Waals surface area contributed by atoms with Crippen molar-refractivity contribution in [2.45, 2.75) is 13.0 Å². The highest BCUT2D eigenvalue weighted by atomic mass is 16.5. The maximum Gasteiger partial charge on any atom is 0.251 e. The first kappa shape index (κ1) is 23.7. The number of nitrogen functional groups attached to an aromatic ring is 1. The zero-order valence-corrected chi connectivity index (χ0v) is 20.7. The lowest BCUT2D eigenvalue weighted by atomic mass is 10.1. The largest absolute Gasteiger partial charge is 0.378 e. The smallest absolute Gasteiger partial charge is 0.251 e. The number of morpholine rings is 1. The number of rotatable bonds is 6. The molecule has 2 aliphatic heterocycles. The first-order valence-corrected chi connectivity index (χ1v) is 12.5. The molecule has 1 amide bonds. The Balaban J connectivity index is 1.36. The van der Waals surface area contributed by atoms with Gasteiger partial charge in [0.25, 0.3) is 5.91 Å². The van der Waals surface area contributed by atoms with Gasteiger partial charge < -0.3 is 25.6 Å². The summed E-state index contributed by atoms with van der Waals surface area (Å²) >= 11 is 0. The Bertz CT molecular complexity index is 1440. The molecule has 0 spiro atoms. The summed E-state index contributed by atoms with van der Waals surface area (Å²) in [5, 5.41) is 3.02. The van der Waals surface area contributed by atoms with E-state index in [1.54, 1.807) is 36.9 Å². The number of benzene rings is 1. The topological polar surface area (TPSA) is 135 Å². The molecule has 38 heavy (non-hydrogen) atoms. The quantitative estimate of drug-likeness (QED) is 0.399. The molecule has 1 fully saturated rings. The van der Waals surface area contributed by atoms with Gasteiger partial charge in [0, 0.05) is 73.2 Å². The molecule has 0 radical (unpaired) electrons. The molecule has 0 bridgehead atoms. The first-order chi connectivity index (χ1) is 18.7. The summed E-state index contributed by atoms with van der Waals surface area (Å²) in [5.41, 5.74) is 10.8. The van der Waals surface area contributed by atoms with Crippen molar-refractivity contribution in [2.75, 3.05) is 48.4 Å². The average molecular weight is 510 g/mol. The Hall–Kier alpha value is -4.64. The Morgan fingerprint density at radius 2 is 1.79 bits per heavy atom. The van der Waals surface area contributed by atoms with Gasteiger partial charge in [0.05, 0.1) is 24.6 Å². The van der Waals surface area contributed by atoms with Crippen molar-refractivity contribution in [1.29, 1.82) is 0 Å². The molecule has 2 aliphatic rings. The molecule has 4 aromatic rings. The van der Waals surface area contributed by atoms with Crippen molar-refractivity contribution in [3.8, 4) is 11.3 Å². The number of pyridine rings is 1. The second-order valence-electron chi connectivity index (χ2n) is 9.06. The highest BCUT2D eigenvalue weighted by Gasteiger charge is 2.30. The predicted octanol–water partition coefficient (Wildman–Crippen LogP) is 2.37. The van der Waals surface area contributed by atoms with Crippen LogP contribution in [0, 0.1) is 0 Å². The standard InChI is InChI=1S/C27H27N9O2/c28-26-31-16-20(17-32-26)23-21-7-9-36(24(21)34-27(33-23)35-10-12-38-13-11-35)22-6-8-29-14-19(22)15-30-25(37)18-4-2-1-3-5-18/h1-6,8,14,16-17H,7,9-13,15H2,(H,30,37)(H2,28,31,32). The minimum atomic E-state index is -0.134. The highest BCUT2D eigenvalue weighted by molar-refractivity contribution is 5.94. The van der Waals surface area contributed by atoms with Crippen LogP contribution in [-0.2, 0) is 17.7 Å². The summed E-state index contributed by atoms with van der Waals surface area (Å²) in [6.45, 7) is 3.72. The lowest BCUT2D eigenvalue weighted by Gasteiger charge is -2.28. The van der Waals surface area contributed by atoms with Crippen molar-refractivity contribution in [1.82, 2.24) is 30.2 Å². The van der Waals surface area contributed by atoms with E-state index in [9.17, 15) is 4.79 Å². The van der Waals surface area contributed by atoms with Crippen LogP contribution in [-0.4, -0.2) is 63.7 Å². The zero-order valence-electron chi connectivity index (χ0n) is 20.7. The van der Waals surface area contributed by atoms with E-state index in [1.165, 1.54) is 0 Å². The van der Waals surface area contributed by atoms with Crippen LogP contribution in [0.3, 0.4) is 0 Å². The van der Waals surface area contributed by atoms with E-state index in [4.69, 9.17) is 20.4 Å². The molecule has 5 heterocycles. The van der Waals surface area contributed by atoms with Gasteiger partial charge in [-0.3, -0.25) is 9.78 Å². The maximum absolute atomic E-state index is 12.7. The summed E-state index contributed by atoms with van der Waals surface area (Å²) in [5.74, 6) is 1.55. The molecule has 6 rings (SSSR count). The number of nitrogens with zero attached hydrogens (tertiary/aromatic N) is 7. The van der Waals surface area contributed by atoms with E-state index in [2.05, 4.69) is 30.1 Å². The number of nitrogens with one attached hydrogen (secondary N) is 1. The second-order valence-corrected chi connectivity index (χ2v) is 9.06. The lowest BCUT2D eigenvalue weighted by Crippen LogP contribution is -2.37. The molecule has 0 saturated carbocycles. The van der Waals surface area contributed by atoms with Crippen molar-refractivity contribution >= 4 is 29.3 Å². The molecular formula is C27H27N9O2. The number of nitrogens with two attached hydrogens (primary N) is 1. The number of hydrogen-bond donors (Lipinski definition) is 2. The van der Waals surface area contributed by atoms with Gasteiger partial charge in [-0.1, -0.05) is 18.2 Å². The van der Waals surface area contributed by atoms with Gasteiger partial charge in [0.1, 0.15) is 5.82 Å². The average Bonchev–Trinajstić information content (AvgIpc) is 3.41. The van der Waals surface area contributed by atoms with Crippen LogP contribution >= 0.6 is 0 Å². The summed E-state index contributed by atoms with van der Waals surface area (Å²) in [6, 6.07) is 11.1. The van der Waals surface area contributed by atoms with E-state index in [0.717, 1.165) is 40.3 Å². The van der Waals surface area contributed by atoms with E-state index in [0.29, 0.717) is 50.9 Å². The minimum absolute atomic E-state index is 0.134. The number of carbonyl (C=O) groups excluding carboxylic acids is 1. The third-order valence-electron chi connectivity index (χ3n) is 6.70. The number of hydrogen-bond acceptors (Lipinski definition) is 10. The summed E-state index contributed by atoms with van der Waals surface area (Å²) < 4.78 is 5.54. The normalized spacial score (nSPS) is 14.8. The monoisotopic (exact) mass is 509 g/mol. The molecule has 1 aromatic carbocycles. The summed E-state index contributed by atoms with van der Waals surface area (Å²) in [7, 11) is 0. The Morgan fingerprint density at radius 3 is 2.58 bits per heavy atom. The van der Waals surface area contributed by atoms with Gasteiger partial charge in [-0.05, 0) is 24.6 Å². The third kappa shape index (κ3) is 4.71. The van der Waals surface area contributed by atoms with Crippen LogP contribution in [0.15, 0.2) is 61.2 Å². The van der Waals surface area contributed by atoms with Crippen molar-refractivity contribution < 1.29 is 9.53 Å². The first-order valence-electron chi connectivity index (χ1n) is 12.5. The van der Waals surface area contributed by atoms with Gasteiger partial charge in [0.2, 0.25) is 11.9 Å². The molecule has 0 unspecified atom stereocenters. The number of ether oxygens (including phenoxy) is 1. The summed E-state index contributed by atoms with van der Waals surface area (Å²) in [6.07, 6.45) is 7.70. The van der Waals surface area contributed by atoms with Gasteiger partial charge in [-0.25, -0.2) is 15.0 Å². The van der Waals surface area contributed by atoms with Crippen molar-refractivity contribution in [2.24, 2.45) is 0 Å². The maximum atomic E-state index is 12.7. The number of fused-ring (bicyclic) bond motifs is 1. The Labute approximate surface area is 219 Å². The number of carbonyl (C=O) groups is 1. The van der Waals surface area contributed by atoms with Crippen molar-refractivity contribution in [3.05, 3.63) is 77.9 Å². The fraction of sp³-hybridized carbons (Fsp3) is 0.259. The van der Waals surface area contributed by atoms with E-state index < -0.39 is 0 Å². The molecule has 0 aliphatic carbocycles. The molecule has 11 heteroatoms. The van der Waals surface area contributed by atoms with Crippen LogP contribution in [0.25, 0.3) is 11.3 Å². The van der Waals surface area contributed by atoms with Crippen LogP contribution in [0.1, 0.15) is 21.5 Å². The van der Waals surface area contributed by atoms with E-state index >= 15 is 0 Å². The van der Waals surface area contributed by atoms with E-state index in [-0.39, 0.29) is 11.9 Å². The zero-order chi connectivity index (χ0) is 25.9.